The minimum absolute atomic E-state index is 0.333. The Bertz CT molecular complexity index is 595. The molecule has 0 spiro atoms. The average Bonchev–Trinajstić information content (AvgIpc) is 2.47. The summed E-state index contributed by atoms with van der Waals surface area (Å²) in [6.07, 6.45) is 8.97. The van der Waals surface area contributed by atoms with Crippen molar-refractivity contribution in [2.75, 3.05) is 13.6 Å². The Labute approximate surface area is 120 Å². The predicted octanol–water partition coefficient (Wildman–Crippen LogP) is 2.85. The Kier molecular flexibility index (Phi) is 3.86. The van der Waals surface area contributed by atoms with Gasteiger partial charge in [-0.15, -0.1) is 0 Å². The molecular formula is C18H21NO. The maximum absolute atomic E-state index is 10.2. The lowest BCUT2D eigenvalue weighted by atomic mass is 9.77. The van der Waals surface area contributed by atoms with Crippen LogP contribution in [0, 0.1) is 0 Å². The van der Waals surface area contributed by atoms with Crippen LogP contribution in [0.2, 0.25) is 0 Å². The third kappa shape index (κ3) is 2.49. The molecule has 0 unspecified atom stereocenters. The summed E-state index contributed by atoms with van der Waals surface area (Å²) in [6.45, 7) is 0.633. The summed E-state index contributed by atoms with van der Waals surface area (Å²) in [7, 11) is 1.88. The van der Waals surface area contributed by atoms with Crippen LogP contribution >= 0.6 is 0 Å². The number of nitrogens with one attached hydrogen (secondary N) is 1. The quantitative estimate of drug-likeness (QED) is 0.879. The summed E-state index contributed by atoms with van der Waals surface area (Å²) >= 11 is 0. The fourth-order valence-corrected chi connectivity index (χ4v) is 3.20. The minimum atomic E-state index is -0.333. The molecule has 0 fully saturated rings. The zero-order valence-corrected chi connectivity index (χ0v) is 11.9. The smallest absolute Gasteiger partial charge is 0.0705 e. The number of rotatable bonds is 4. The Morgan fingerprint density at radius 1 is 1.30 bits per heavy atom. The summed E-state index contributed by atoms with van der Waals surface area (Å²) < 4.78 is 0. The van der Waals surface area contributed by atoms with Crippen LogP contribution in [0.4, 0.5) is 0 Å². The summed E-state index contributed by atoms with van der Waals surface area (Å²) in [5.41, 5.74) is 6.86. The number of aliphatic hydroxyl groups excluding tert-OH is 1. The molecule has 2 aliphatic carbocycles. The van der Waals surface area contributed by atoms with E-state index in [1.165, 1.54) is 27.8 Å². The number of aliphatic hydroxyl groups is 1. The molecule has 20 heavy (non-hydrogen) atoms. The van der Waals surface area contributed by atoms with E-state index in [2.05, 4.69) is 47.8 Å². The first-order valence-corrected chi connectivity index (χ1v) is 7.28. The fraction of sp³-hybridized carbons (Fsp3) is 0.333. The summed E-state index contributed by atoms with van der Waals surface area (Å²) in [5, 5.41) is 13.2. The van der Waals surface area contributed by atoms with Crippen LogP contribution in [0.1, 0.15) is 24.0 Å². The molecule has 0 saturated carbocycles. The van der Waals surface area contributed by atoms with Gasteiger partial charge in [-0.3, -0.25) is 0 Å². The molecule has 0 aromatic heterocycles. The molecule has 0 amide bonds. The van der Waals surface area contributed by atoms with Crippen molar-refractivity contribution in [3.05, 3.63) is 64.8 Å². The van der Waals surface area contributed by atoms with Gasteiger partial charge in [0, 0.05) is 13.0 Å². The van der Waals surface area contributed by atoms with Gasteiger partial charge in [-0.05, 0) is 47.7 Å². The summed E-state index contributed by atoms with van der Waals surface area (Å²) in [4.78, 5) is 0. The molecular weight excluding hydrogens is 246 g/mol. The number of hydrogen-bond acceptors (Lipinski definition) is 2. The second kappa shape index (κ2) is 5.78. The van der Waals surface area contributed by atoms with Crippen LogP contribution in [-0.4, -0.2) is 24.8 Å². The molecule has 2 heteroatoms. The first-order valence-electron chi connectivity index (χ1n) is 7.28. The molecule has 0 aliphatic heterocycles. The van der Waals surface area contributed by atoms with E-state index in [0.717, 1.165) is 19.3 Å². The van der Waals surface area contributed by atoms with Gasteiger partial charge in [0.05, 0.1) is 6.10 Å². The Morgan fingerprint density at radius 3 is 3.00 bits per heavy atom. The molecule has 1 aromatic carbocycles. The SMILES string of the molecule is CNC[C@H](O)CC1=C2CC=CC=C2Cc2ccccc21. The lowest BCUT2D eigenvalue weighted by Crippen LogP contribution is -2.24. The van der Waals surface area contributed by atoms with Gasteiger partial charge in [0.2, 0.25) is 0 Å². The van der Waals surface area contributed by atoms with Crippen molar-refractivity contribution >= 4 is 5.57 Å². The van der Waals surface area contributed by atoms with E-state index in [1.54, 1.807) is 0 Å². The molecule has 3 rings (SSSR count). The van der Waals surface area contributed by atoms with Crippen LogP contribution in [-0.2, 0) is 6.42 Å². The summed E-state index contributed by atoms with van der Waals surface area (Å²) in [5.74, 6) is 0. The normalized spacial score (nSPS) is 18.4. The largest absolute Gasteiger partial charge is 0.391 e. The van der Waals surface area contributed by atoms with Gasteiger partial charge in [-0.25, -0.2) is 0 Å². The minimum Gasteiger partial charge on any atom is -0.391 e. The molecule has 0 bridgehead atoms. The maximum atomic E-state index is 10.2. The third-order valence-electron chi connectivity index (χ3n) is 4.11. The first kappa shape index (κ1) is 13.3. The molecule has 1 aromatic rings. The molecule has 0 saturated heterocycles. The highest BCUT2D eigenvalue weighted by Gasteiger charge is 2.23. The highest BCUT2D eigenvalue weighted by molar-refractivity contribution is 5.79. The highest BCUT2D eigenvalue weighted by atomic mass is 16.3. The highest BCUT2D eigenvalue weighted by Crippen LogP contribution is 2.39. The van der Waals surface area contributed by atoms with Gasteiger partial charge in [0.25, 0.3) is 0 Å². The van der Waals surface area contributed by atoms with E-state index in [-0.39, 0.29) is 6.10 Å². The van der Waals surface area contributed by atoms with Gasteiger partial charge in [0.15, 0.2) is 0 Å². The zero-order valence-electron chi connectivity index (χ0n) is 11.9. The van der Waals surface area contributed by atoms with Gasteiger partial charge >= 0.3 is 0 Å². The predicted molar refractivity (Wildman–Crippen MR) is 83.5 cm³/mol. The number of likely N-dealkylation sites (N-methyl/N-ethyl adjacent to an activating group) is 1. The number of hydrogen-bond donors (Lipinski definition) is 2. The summed E-state index contributed by atoms with van der Waals surface area (Å²) in [6, 6.07) is 8.59. The lowest BCUT2D eigenvalue weighted by Gasteiger charge is -2.28. The van der Waals surface area contributed by atoms with E-state index >= 15 is 0 Å². The standard InChI is InChI=1S/C18H21NO/c1-19-12-15(20)11-18-16-8-4-2-6-13(16)10-14-7-3-5-9-17(14)18/h2-8,15,19-20H,9-12H2,1H3/t15-/m1/s1. The van der Waals surface area contributed by atoms with E-state index in [4.69, 9.17) is 0 Å². The van der Waals surface area contributed by atoms with Crippen LogP contribution in [0.15, 0.2) is 53.6 Å². The average molecular weight is 267 g/mol. The van der Waals surface area contributed by atoms with Gasteiger partial charge < -0.3 is 10.4 Å². The Morgan fingerprint density at radius 2 is 2.15 bits per heavy atom. The van der Waals surface area contributed by atoms with Crippen LogP contribution in [0.3, 0.4) is 0 Å². The molecule has 1 atom stereocenters. The molecule has 0 radical (unpaired) electrons. The van der Waals surface area contributed by atoms with Crippen molar-refractivity contribution in [2.24, 2.45) is 0 Å². The van der Waals surface area contributed by atoms with E-state index in [9.17, 15) is 5.11 Å². The second-order valence-corrected chi connectivity index (χ2v) is 5.53. The number of fused-ring (bicyclic) bond motifs is 2. The van der Waals surface area contributed by atoms with Crippen molar-refractivity contribution < 1.29 is 5.11 Å². The molecule has 104 valence electrons. The zero-order chi connectivity index (χ0) is 13.9. The van der Waals surface area contributed by atoms with Crippen LogP contribution < -0.4 is 5.32 Å². The monoisotopic (exact) mass is 267 g/mol. The third-order valence-corrected chi connectivity index (χ3v) is 4.11. The van der Waals surface area contributed by atoms with E-state index < -0.39 is 0 Å². The molecule has 2 aliphatic rings. The Hall–Kier alpha value is -1.64. The maximum Gasteiger partial charge on any atom is 0.0705 e. The first-order chi connectivity index (χ1) is 9.79. The van der Waals surface area contributed by atoms with E-state index in [1.807, 2.05) is 7.05 Å². The number of allylic oxidation sites excluding steroid dienone is 5. The van der Waals surface area contributed by atoms with Crippen molar-refractivity contribution in [3.8, 4) is 0 Å². The van der Waals surface area contributed by atoms with E-state index in [0.29, 0.717) is 6.54 Å². The second-order valence-electron chi connectivity index (χ2n) is 5.53. The lowest BCUT2D eigenvalue weighted by molar-refractivity contribution is 0.180. The van der Waals surface area contributed by atoms with Crippen molar-refractivity contribution in [1.82, 2.24) is 5.32 Å². The van der Waals surface area contributed by atoms with Gasteiger partial charge in [-0.1, -0.05) is 42.5 Å². The fourth-order valence-electron chi connectivity index (χ4n) is 3.20. The number of benzene rings is 1. The van der Waals surface area contributed by atoms with Crippen molar-refractivity contribution in [2.45, 2.75) is 25.4 Å². The molecule has 2 N–H and O–H groups in total. The van der Waals surface area contributed by atoms with Crippen molar-refractivity contribution in [3.63, 3.8) is 0 Å². The van der Waals surface area contributed by atoms with Gasteiger partial charge in [0.1, 0.15) is 0 Å². The van der Waals surface area contributed by atoms with Crippen molar-refractivity contribution in [1.29, 1.82) is 0 Å². The Balaban J connectivity index is 2.02. The molecule has 0 heterocycles. The topological polar surface area (TPSA) is 32.3 Å². The van der Waals surface area contributed by atoms with Crippen LogP contribution in [0.5, 0.6) is 0 Å². The van der Waals surface area contributed by atoms with Gasteiger partial charge in [-0.2, -0.15) is 0 Å². The van der Waals surface area contributed by atoms with Crippen LogP contribution in [0.25, 0.3) is 5.57 Å². The molecule has 2 nitrogen and oxygen atoms in total.